The highest BCUT2D eigenvalue weighted by molar-refractivity contribution is 7.85. The molecule has 0 aliphatic carbocycles. The lowest BCUT2D eigenvalue weighted by molar-refractivity contribution is -0.151. The molecule has 0 radical (unpaired) electrons. The standard InChI is InChI=1S/C19H26N2O5S/c1-13(2)26-19(24)16(10-9-15(22)12-20)21-18(23)17(27(3)25)11-14-7-5-4-6-8-14/h4-8,12-13,16-17,20H,9-11H2,1-3H3,(H,21,23)/t16-,17-,27?/m0/s1. The van der Waals surface area contributed by atoms with Gasteiger partial charge >= 0.3 is 5.97 Å². The second-order valence-corrected chi connectivity index (χ2v) is 7.94. The molecule has 0 bridgehead atoms. The van der Waals surface area contributed by atoms with Crippen LogP contribution in [0.2, 0.25) is 0 Å². The van der Waals surface area contributed by atoms with Gasteiger partial charge in [0.25, 0.3) is 0 Å². The predicted octanol–water partition coefficient (Wildman–Crippen LogP) is 1.41. The summed E-state index contributed by atoms with van der Waals surface area (Å²) < 4.78 is 17.2. The number of amides is 1. The molecule has 0 saturated carbocycles. The molecule has 0 aliphatic heterocycles. The fourth-order valence-electron chi connectivity index (χ4n) is 2.38. The van der Waals surface area contributed by atoms with Crippen LogP contribution in [-0.2, 0) is 36.3 Å². The van der Waals surface area contributed by atoms with Gasteiger partial charge in [0.05, 0.1) is 12.3 Å². The molecule has 1 rings (SSSR count). The molecule has 1 unspecified atom stereocenters. The van der Waals surface area contributed by atoms with E-state index in [1.54, 1.807) is 13.8 Å². The first-order chi connectivity index (χ1) is 12.7. The van der Waals surface area contributed by atoms with Crippen LogP contribution in [0.4, 0.5) is 0 Å². The van der Waals surface area contributed by atoms with E-state index >= 15 is 0 Å². The Kier molecular flexibility index (Phi) is 9.56. The van der Waals surface area contributed by atoms with Gasteiger partial charge in [0.2, 0.25) is 5.91 Å². The molecule has 0 spiro atoms. The van der Waals surface area contributed by atoms with Gasteiger partial charge in [0.1, 0.15) is 11.3 Å². The SMILES string of the molecule is CC(C)OC(=O)[C@H](CCC(=O)C=N)NC(=O)[C@H](Cc1ccccc1)S(C)=O. The van der Waals surface area contributed by atoms with Crippen LogP contribution in [0.5, 0.6) is 0 Å². The Labute approximate surface area is 161 Å². The van der Waals surface area contributed by atoms with Crippen LogP contribution in [0.1, 0.15) is 32.3 Å². The molecule has 0 heterocycles. The van der Waals surface area contributed by atoms with E-state index in [1.165, 1.54) is 6.26 Å². The lowest BCUT2D eigenvalue weighted by Gasteiger charge is -2.21. The number of esters is 1. The van der Waals surface area contributed by atoms with E-state index in [0.29, 0.717) is 6.21 Å². The highest BCUT2D eigenvalue weighted by Crippen LogP contribution is 2.10. The number of carbonyl (C=O) groups excluding carboxylic acids is 3. The number of ether oxygens (including phenoxy) is 1. The number of rotatable bonds is 11. The average molecular weight is 394 g/mol. The molecular weight excluding hydrogens is 368 g/mol. The first-order valence-electron chi connectivity index (χ1n) is 8.65. The minimum Gasteiger partial charge on any atom is -0.461 e. The summed E-state index contributed by atoms with van der Waals surface area (Å²) in [5, 5.41) is 8.68. The van der Waals surface area contributed by atoms with Crippen molar-refractivity contribution in [1.82, 2.24) is 5.32 Å². The van der Waals surface area contributed by atoms with Gasteiger partial charge in [-0.2, -0.15) is 0 Å². The first kappa shape index (κ1) is 22.7. The first-order valence-corrected chi connectivity index (χ1v) is 10.3. The third-order valence-corrected chi connectivity index (χ3v) is 4.93. The van der Waals surface area contributed by atoms with Gasteiger partial charge in [-0.25, -0.2) is 4.79 Å². The molecule has 0 saturated heterocycles. The number of ketones is 1. The lowest BCUT2D eigenvalue weighted by Crippen LogP contribution is -2.48. The van der Waals surface area contributed by atoms with Crippen molar-refractivity contribution in [1.29, 1.82) is 5.41 Å². The number of carbonyl (C=O) groups is 3. The number of hydrogen-bond donors (Lipinski definition) is 2. The maximum Gasteiger partial charge on any atom is 0.328 e. The minimum atomic E-state index is -1.46. The quantitative estimate of drug-likeness (QED) is 0.435. The van der Waals surface area contributed by atoms with Crippen LogP contribution in [0.25, 0.3) is 0 Å². The van der Waals surface area contributed by atoms with Crippen LogP contribution in [0, 0.1) is 5.41 Å². The largest absolute Gasteiger partial charge is 0.461 e. The Morgan fingerprint density at radius 2 is 1.85 bits per heavy atom. The van der Waals surface area contributed by atoms with Crippen molar-refractivity contribution in [2.24, 2.45) is 0 Å². The molecule has 8 heteroatoms. The van der Waals surface area contributed by atoms with Crippen molar-refractivity contribution in [2.45, 2.75) is 50.5 Å². The second kappa shape index (κ2) is 11.4. The minimum absolute atomic E-state index is 0.0138. The summed E-state index contributed by atoms with van der Waals surface area (Å²) in [7, 11) is -1.46. The molecule has 1 aromatic carbocycles. The summed E-state index contributed by atoms with van der Waals surface area (Å²) in [5.41, 5.74) is 0.855. The van der Waals surface area contributed by atoms with Crippen LogP contribution in [0.3, 0.4) is 0 Å². The van der Waals surface area contributed by atoms with E-state index in [0.717, 1.165) is 5.56 Å². The van der Waals surface area contributed by atoms with Gasteiger partial charge in [0, 0.05) is 23.5 Å². The highest BCUT2D eigenvalue weighted by Gasteiger charge is 2.29. The number of hydrogen-bond acceptors (Lipinski definition) is 6. The van der Waals surface area contributed by atoms with Crippen molar-refractivity contribution in [3.63, 3.8) is 0 Å². The van der Waals surface area contributed by atoms with Crippen molar-refractivity contribution < 1.29 is 23.3 Å². The monoisotopic (exact) mass is 394 g/mol. The predicted molar refractivity (Wildman–Crippen MR) is 104 cm³/mol. The maximum atomic E-state index is 12.7. The zero-order chi connectivity index (χ0) is 20.4. The van der Waals surface area contributed by atoms with Gasteiger partial charge in [-0.05, 0) is 32.3 Å². The molecule has 1 aromatic rings. The van der Waals surface area contributed by atoms with E-state index < -0.39 is 39.8 Å². The molecule has 2 N–H and O–H groups in total. The Morgan fingerprint density at radius 3 is 2.37 bits per heavy atom. The van der Waals surface area contributed by atoms with E-state index in [2.05, 4.69) is 5.32 Å². The summed E-state index contributed by atoms with van der Waals surface area (Å²) >= 11 is 0. The van der Waals surface area contributed by atoms with E-state index in [4.69, 9.17) is 10.1 Å². The number of nitrogens with one attached hydrogen (secondary N) is 2. The summed E-state index contributed by atoms with van der Waals surface area (Å²) in [5.74, 6) is -1.64. The van der Waals surface area contributed by atoms with Crippen molar-refractivity contribution in [2.75, 3.05) is 6.26 Å². The third-order valence-electron chi connectivity index (χ3n) is 3.75. The van der Waals surface area contributed by atoms with Gasteiger partial charge in [-0.1, -0.05) is 30.3 Å². The Hall–Kier alpha value is -2.35. The van der Waals surface area contributed by atoms with Crippen molar-refractivity contribution >= 4 is 34.7 Å². The normalized spacial score (nSPS) is 14.1. The van der Waals surface area contributed by atoms with Crippen molar-refractivity contribution in [3.8, 4) is 0 Å². The van der Waals surface area contributed by atoms with Crippen molar-refractivity contribution in [3.05, 3.63) is 35.9 Å². The summed E-state index contributed by atoms with van der Waals surface area (Å²) in [6.07, 6.45) is 1.94. The molecule has 0 aliphatic rings. The van der Waals surface area contributed by atoms with Crippen LogP contribution < -0.4 is 5.32 Å². The lowest BCUT2D eigenvalue weighted by atomic mass is 10.1. The second-order valence-electron chi connectivity index (χ2n) is 6.37. The number of Topliss-reactive ketones (excluding diaryl/α,β-unsaturated/α-hetero) is 1. The molecule has 7 nitrogen and oxygen atoms in total. The summed E-state index contributed by atoms with van der Waals surface area (Å²) in [6, 6.07) is 8.13. The molecule has 0 aromatic heterocycles. The molecular formula is C19H26N2O5S. The topological polar surface area (TPSA) is 113 Å². The smallest absolute Gasteiger partial charge is 0.328 e. The summed E-state index contributed by atoms with van der Waals surface area (Å²) in [6.45, 7) is 3.36. The van der Waals surface area contributed by atoms with Crippen LogP contribution >= 0.6 is 0 Å². The molecule has 0 fully saturated rings. The van der Waals surface area contributed by atoms with Crippen LogP contribution in [0.15, 0.2) is 30.3 Å². The molecule has 27 heavy (non-hydrogen) atoms. The van der Waals surface area contributed by atoms with Gasteiger partial charge in [-0.15, -0.1) is 0 Å². The fraction of sp³-hybridized carbons (Fsp3) is 0.474. The Bertz CT molecular complexity index is 691. The highest BCUT2D eigenvalue weighted by atomic mass is 32.2. The summed E-state index contributed by atoms with van der Waals surface area (Å²) in [4.78, 5) is 36.3. The molecule has 3 atom stereocenters. The third kappa shape index (κ3) is 8.25. The van der Waals surface area contributed by atoms with E-state index in [-0.39, 0.29) is 25.4 Å². The van der Waals surface area contributed by atoms with Gasteiger partial charge < -0.3 is 15.5 Å². The number of benzene rings is 1. The molecule has 1 amide bonds. The van der Waals surface area contributed by atoms with Gasteiger partial charge in [0.15, 0.2) is 5.78 Å². The molecule has 148 valence electrons. The van der Waals surface area contributed by atoms with E-state index in [1.807, 2.05) is 30.3 Å². The fourth-order valence-corrected chi connectivity index (χ4v) is 3.17. The Balaban J connectivity index is 2.89. The van der Waals surface area contributed by atoms with Gasteiger partial charge in [-0.3, -0.25) is 13.8 Å². The maximum absolute atomic E-state index is 12.7. The average Bonchev–Trinajstić information content (AvgIpc) is 2.62. The zero-order valence-electron chi connectivity index (χ0n) is 15.8. The zero-order valence-corrected chi connectivity index (χ0v) is 16.6. The Morgan fingerprint density at radius 1 is 1.22 bits per heavy atom. The van der Waals surface area contributed by atoms with E-state index in [9.17, 15) is 18.6 Å². The van der Waals surface area contributed by atoms with Crippen LogP contribution in [-0.4, -0.2) is 51.7 Å².